The zero-order valence-corrected chi connectivity index (χ0v) is 12.7. The Bertz CT molecular complexity index is 498. The average molecular weight is 258 g/mol. The van der Waals surface area contributed by atoms with E-state index in [0.717, 1.165) is 19.0 Å². The zero-order valence-electron chi connectivity index (χ0n) is 12.7. The first-order valence-corrected chi connectivity index (χ1v) is 7.35. The highest BCUT2D eigenvalue weighted by Gasteiger charge is 2.10. The molecule has 0 aliphatic heterocycles. The van der Waals surface area contributed by atoms with Crippen molar-refractivity contribution >= 4 is 10.9 Å². The number of rotatable bonds is 6. The lowest BCUT2D eigenvalue weighted by atomic mass is 10.1. The maximum atomic E-state index is 3.58. The molecule has 0 unspecified atom stereocenters. The minimum Gasteiger partial charge on any atom is -0.346 e. The molecule has 104 valence electrons. The Kier molecular flexibility index (Phi) is 4.65. The second-order valence-corrected chi connectivity index (χ2v) is 5.86. The monoisotopic (exact) mass is 258 g/mol. The van der Waals surface area contributed by atoms with E-state index < -0.39 is 0 Å². The standard InChI is InChI=1S/C17H26N2/c1-13(2)8-7-11-18-12-17-14(3)15-9-5-6-10-16(15)19(17)4/h5-6,9-10,13,18H,7-8,11-12H2,1-4H3. The third-order valence-electron chi connectivity index (χ3n) is 3.93. The van der Waals surface area contributed by atoms with Gasteiger partial charge in [0.2, 0.25) is 0 Å². The van der Waals surface area contributed by atoms with Crippen LogP contribution in [0.25, 0.3) is 10.9 Å². The van der Waals surface area contributed by atoms with Crippen LogP contribution in [0.1, 0.15) is 37.9 Å². The van der Waals surface area contributed by atoms with E-state index in [0.29, 0.717) is 0 Å². The van der Waals surface area contributed by atoms with Gasteiger partial charge in [0, 0.05) is 30.2 Å². The minimum absolute atomic E-state index is 0.807. The van der Waals surface area contributed by atoms with Crippen molar-refractivity contribution in [3.05, 3.63) is 35.5 Å². The molecule has 2 nitrogen and oxygen atoms in total. The second kappa shape index (κ2) is 6.25. The number of benzene rings is 1. The van der Waals surface area contributed by atoms with Crippen LogP contribution in [0, 0.1) is 12.8 Å². The fraction of sp³-hybridized carbons (Fsp3) is 0.529. The van der Waals surface area contributed by atoms with Crippen molar-refractivity contribution in [2.45, 2.75) is 40.2 Å². The molecule has 0 saturated heterocycles. The topological polar surface area (TPSA) is 17.0 Å². The van der Waals surface area contributed by atoms with Crippen molar-refractivity contribution in [2.24, 2.45) is 13.0 Å². The highest BCUT2D eigenvalue weighted by atomic mass is 15.0. The summed E-state index contributed by atoms with van der Waals surface area (Å²) in [5.41, 5.74) is 4.15. The maximum Gasteiger partial charge on any atom is 0.0483 e. The third-order valence-corrected chi connectivity index (χ3v) is 3.93. The average Bonchev–Trinajstić information content (AvgIpc) is 2.63. The van der Waals surface area contributed by atoms with E-state index in [1.165, 1.54) is 35.0 Å². The fourth-order valence-corrected chi connectivity index (χ4v) is 2.73. The van der Waals surface area contributed by atoms with Crippen LogP contribution in [-0.2, 0) is 13.6 Å². The lowest BCUT2D eigenvalue weighted by molar-refractivity contribution is 0.523. The summed E-state index contributed by atoms with van der Waals surface area (Å²) in [6, 6.07) is 8.65. The third kappa shape index (κ3) is 3.19. The molecule has 1 aromatic heterocycles. The van der Waals surface area contributed by atoms with Gasteiger partial charge in [-0.25, -0.2) is 0 Å². The number of nitrogens with one attached hydrogen (secondary N) is 1. The lowest BCUT2D eigenvalue weighted by Gasteiger charge is -2.09. The maximum absolute atomic E-state index is 3.58. The number of hydrogen-bond donors (Lipinski definition) is 1. The van der Waals surface area contributed by atoms with Gasteiger partial charge in [-0.05, 0) is 43.9 Å². The van der Waals surface area contributed by atoms with Crippen molar-refractivity contribution < 1.29 is 0 Å². The Balaban J connectivity index is 2.01. The molecule has 2 aromatic rings. The van der Waals surface area contributed by atoms with Gasteiger partial charge >= 0.3 is 0 Å². The molecule has 0 fully saturated rings. The molecule has 0 bridgehead atoms. The molecule has 2 rings (SSSR count). The van der Waals surface area contributed by atoms with Gasteiger partial charge in [0.25, 0.3) is 0 Å². The number of hydrogen-bond acceptors (Lipinski definition) is 1. The van der Waals surface area contributed by atoms with Crippen LogP contribution < -0.4 is 5.32 Å². The van der Waals surface area contributed by atoms with Crippen molar-refractivity contribution in [3.63, 3.8) is 0 Å². The zero-order chi connectivity index (χ0) is 13.8. The number of aryl methyl sites for hydroxylation is 2. The quantitative estimate of drug-likeness (QED) is 0.775. The highest BCUT2D eigenvalue weighted by molar-refractivity contribution is 5.85. The molecule has 19 heavy (non-hydrogen) atoms. The lowest BCUT2D eigenvalue weighted by Crippen LogP contribution is -2.17. The Morgan fingerprint density at radius 1 is 1.21 bits per heavy atom. The Morgan fingerprint density at radius 3 is 2.63 bits per heavy atom. The highest BCUT2D eigenvalue weighted by Crippen LogP contribution is 2.24. The number of aromatic nitrogens is 1. The molecule has 1 heterocycles. The number of fused-ring (bicyclic) bond motifs is 1. The van der Waals surface area contributed by atoms with Gasteiger partial charge in [0.1, 0.15) is 0 Å². The SMILES string of the molecule is Cc1c(CNCCCC(C)C)n(C)c2ccccc12. The molecule has 0 amide bonds. The predicted octanol–water partition coefficient (Wildman–Crippen LogP) is 4.01. The number of para-hydroxylation sites is 1. The van der Waals surface area contributed by atoms with E-state index >= 15 is 0 Å². The molecule has 0 spiro atoms. The van der Waals surface area contributed by atoms with Crippen LogP contribution in [0.3, 0.4) is 0 Å². The van der Waals surface area contributed by atoms with Gasteiger partial charge in [0.05, 0.1) is 0 Å². The van der Waals surface area contributed by atoms with E-state index in [-0.39, 0.29) is 0 Å². The van der Waals surface area contributed by atoms with Crippen LogP contribution in [0.2, 0.25) is 0 Å². The van der Waals surface area contributed by atoms with E-state index in [2.05, 4.69) is 62.0 Å². The second-order valence-electron chi connectivity index (χ2n) is 5.86. The summed E-state index contributed by atoms with van der Waals surface area (Å²) in [5, 5.41) is 4.96. The van der Waals surface area contributed by atoms with Gasteiger partial charge in [0.15, 0.2) is 0 Å². The normalized spacial score (nSPS) is 11.6. The summed E-state index contributed by atoms with van der Waals surface area (Å²) in [6.45, 7) is 8.88. The summed E-state index contributed by atoms with van der Waals surface area (Å²) in [7, 11) is 2.17. The molecule has 0 atom stereocenters. The van der Waals surface area contributed by atoms with Gasteiger partial charge < -0.3 is 9.88 Å². The molecule has 0 radical (unpaired) electrons. The molecular formula is C17H26N2. The minimum atomic E-state index is 0.807. The fourth-order valence-electron chi connectivity index (χ4n) is 2.73. The summed E-state index contributed by atoms with van der Waals surface area (Å²) in [5.74, 6) is 0.807. The molecule has 1 aromatic carbocycles. The molecule has 0 saturated carbocycles. The Morgan fingerprint density at radius 2 is 1.95 bits per heavy atom. The van der Waals surface area contributed by atoms with Crippen molar-refractivity contribution in [1.29, 1.82) is 0 Å². The summed E-state index contributed by atoms with van der Waals surface area (Å²) in [4.78, 5) is 0. The first kappa shape index (κ1) is 14.1. The van der Waals surface area contributed by atoms with E-state index in [1.807, 2.05) is 0 Å². The van der Waals surface area contributed by atoms with Gasteiger partial charge in [-0.1, -0.05) is 32.0 Å². The molecule has 2 heteroatoms. The van der Waals surface area contributed by atoms with E-state index in [4.69, 9.17) is 0 Å². The summed E-state index contributed by atoms with van der Waals surface area (Å²) >= 11 is 0. The summed E-state index contributed by atoms with van der Waals surface area (Å²) < 4.78 is 2.32. The number of nitrogens with zero attached hydrogens (tertiary/aromatic N) is 1. The van der Waals surface area contributed by atoms with Crippen LogP contribution in [0.15, 0.2) is 24.3 Å². The van der Waals surface area contributed by atoms with Crippen LogP contribution in [0.5, 0.6) is 0 Å². The van der Waals surface area contributed by atoms with Crippen LogP contribution in [0.4, 0.5) is 0 Å². The van der Waals surface area contributed by atoms with Gasteiger partial charge in [-0.15, -0.1) is 0 Å². The van der Waals surface area contributed by atoms with Crippen molar-refractivity contribution in [2.75, 3.05) is 6.54 Å². The van der Waals surface area contributed by atoms with E-state index in [9.17, 15) is 0 Å². The Labute approximate surface area is 116 Å². The van der Waals surface area contributed by atoms with Crippen molar-refractivity contribution in [1.82, 2.24) is 9.88 Å². The van der Waals surface area contributed by atoms with Crippen LogP contribution >= 0.6 is 0 Å². The van der Waals surface area contributed by atoms with Crippen LogP contribution in [-0.4, -0.2) is 11.1 Å². The summed E-state index contributed by atoms with van der Waals surface area (Å²) in [6.07, 6.45) is 2.57. The first-order chi connectivity index (χ1) is 9.11. The largest absolute Gasteiger partial charge is 0.346 e. The molecular weight excluding hydrogens is 232 g/mol. The smallest absolute Gasteiger partial charge is 0.0483 e. The first-order valence-electron chi connectivity index (χ1n) is 7.35. The van der Waals surface area contributed by atoms with Crippen molar-refractivity contribution in [3.8, 4) is 0 Å². The molecule has 0 aliphatic rings. The van der Waals surface area contributed by atoms with E-state index in [1.54, 1.807) is 0 Å². The van der Waals surface area contributed by atoms with Gasteiger partial charge in [-0.3, -0.25) is 0 Å². The Hall–Kier alpha value is -1.28. The molecule has 0 aliphatic carbocycles. The van der Waals surface area contributed by atoms with Gasteiger partial charge in [-0.2, -0.15) is 0 Å². The molecule has 1 N–H and O–H groups in total. The predicted molar refractivity (Wildman–Crippen MR) is 83.4 cm³/mol.